The molecule has 0 heterocycles. The summed E-state index contributed by atoms with van der Waals surface area (Å²) in [5.74, 6) is 0.999. The van der Waals surface area contributed by atoms with E-state index in [1.54, 1.807) is 0 Å². The summed E-state index contributed by atoms with van der Waals surface area (Å²) in [6, 6.07) is 15.9. The van der Waals surface area contributed by atoms with Crippen LogP contribution in [0.4, 0.5) is 0 Å². The Morgan fingerprint density at radius 1 is 1.00 bits per heavy atom. The minimum atomic E-state index is 0.174. The molecule has 0 aliphatic carbocycles. The van der Waals surface area contributed by atoms with Gasteiger partial charge in [0.2, 0.25) is 0 Å². The van der Waals surface area contributed by atoms with Crippen molar-refractivity contribution in [3.8, 4) is 5.75 Å². The lowest BCUT2D eigenvalue weighted by Gasteiger charge is -2.07. The lowest BCUT2D eigenvalue weighted by Crippen LogP contribution is -2.12. The molecule has 2 aromatic rings. The molecule has 0 saturated carbocycles. The molecule has 4 heteroatoms. The first-order chi connectivity index (χ1) is 9.13. The normalized spacial score (nSPS) is 10.2. The van der Waals surface area contributed by atoms with E-state index in [2.05, 4.69) is 46.9 Å². The zero-order valence-corrected chi connectivity index (χ0v) is 12.6. The van der Waals surface area contributed by atoms with E-state index >= 15 is 0 Å². The Kier molecular flexibility index (Phi) is 4.79. The summed E-state index contributed by atoms with van der Waals surface area (Å²) in [6.07, 6.45) is 0.484. The Balaban J connectivity index is 1.92. The summed E-state index contributed by atoms with van der Waals surface area (Å²) in [5.41, 5.74) is 7.53. The van der Waals surface area contributed by atoms with E-state index in [0.29, 0.717) is 13.0 Å². The van der Waals surface area contributed by atoms with Gasteiger partial charge in [0.15, 0.2) is 0 Å². The van der Waals surface area contributed by atoms with Crippen LogP contribution in [0.15, 0.2) is 48.5 Å². The summed E-state index contributed by atoms with van der Waals surface area (Å²) in [7, 11) is 0. The molecule has 0 saturated heterocycles. The van der Waals surface area contributed by atoms with E-state index in [4.69, 9.17) is 15.9 Å². The largest absolute Gasteiger partial charge is 0.489 e. The van der Waals surface area contributed by atoms with Crippen molar-refractivity contribution in [2.45, 2.75) is 13.0 Å². The van der Waals surface area contributed by atoms with Gasteiger partial charge in [-0.3, -0.25) is 5.41 Å². The smallest absolute Gasteiger partial charge is 0.119 e. The highest BCUT2D eigenvalue weighted by molar-refractivity contribution is 14.1. The van der Waals surface area contributed by atoms with Crippen molar-refractivity contribution in [3.05, 3.63) is 63.2 Å². The number of amidine groups is 1. The predicted octanol–water partition coefficient (Wildman–Crippen LogP) is 3.35. The highest BCUT2D eigenvalue weighted by Crippen LogP contribution is 2.15. The van der Waals surface area contributed by atoms with E-state index in [-0.39, 0.29) is 5.84 Å². The number of rotatable bonds is 5. The maximum absolute atomic E-state index is 7.24. The van der Waals surface area contributed by atoms with Gasteiger partial charge in [0.05, 0.1) is 5.84 Å². The molecule has 0 unspecified atom stereocenters. The van der Waals surface area contributed by atoms with Gasteiger partial charge in [0.25, 0.3) is 0 Å². The molecule has 2 rings (SSSR count). The molecule has 0 spiro atoms. The van der Waals surface area contributed by atoms with Gasteiger partial charge in [-0.05, 0) is 58.0 Å². The second kappa shape index (κ2) is 6.56. The van der Waals surface area contributed by atoms with Crippen LogP contribution >= 0.6 is 22.6 Å². The van der Waals surface area contributed by atoms with Gasteiger partial charge in [0, 0.05) is 9.99 Å². The summed E-state index contributed by atoms with van der Waals surface area (Å²) in [4.78, 5) is 0. The number of hydrogen-bond donors (Lipinski definition) is 2. The van der Waals surface area contributed by atoms with Gasteiger partial charge in [-0.1, -0.05) is 24.3 Å². The Morgan fingerprint density at radius 3 is 2.16 bits per heavy atom. The highest BCUT2D eigenvalue weighted by Gasteiger charge is 1.98. The van der Waals surface area contributed by atoms with Gasteiger partial charge in [0.1, 0.15) is 12.4 Å². The summed E-state index contributed by atoms with van der Waals surface area (Å²) < 4.78 is 6.92. The molecule has 19 heavy (non-hydrogen) atoms. The zero-order chi connectivity index (χ0) is 13.7. The fourth-order valence-corrected chi connectivity index (χ4v) is 2.03. The SMILES string of the molecule is N=C(N)Cc1ccc(OCc2ccc(I)cc2)cc1. The van der Waals surface area contributed by atoms with Crippen molar-refractivity contribution in [2.24, 2.45) is 5.73 Å². The maximum Gasteiger partial charge on any atom is 0.119 e. The van der Waals surface area contributed by atoms with Crippen molar-refractivity contribution in [3.63, 3.8) is 0 Å². The number of ether oxygens (including phenoxy) is 1. The second-order valence-corrected chi connectivity index (χ2v) is 5.51. The lowest BCUT2D eigenvalue weighted by molar-refractivity contribution is 0.306. The molecule has 3 nitrogen and oxygen atoms in total. The fraction of sp³-hybridized carbons (Fsp3) is 0.133. The number of hydrogen-bond acceptors (Lipinski definition) is 2. The molecule has 0 amide bonds. The van der Waals surface area contributed by atoms with Crippen molar-refractivity contribution in [2.75, 3.05) is 0 Å². The van der Waals surface area contributed by atoms with Gasteiger partial charge in [-0.25, -0.2) is 0 Å². The fourth-order valence-electron chi connectivity index (χ4n) is 1.67. The standard InChI is InChI=1S/C15H15IN2O/c16-13-5-1-12(2-6-13)10-19-14-7-3-11(4-8-14)9-15(17)18/h1-8H,9-10H2,(H3,17,18). The number of halogens is 1. The van der Waals surface area contributed by atoms with Crippen LogP contribution in [0.5, 0.6) is 5.75 Å². The van der Waals surface area contributed by atoms with E-state index in [1.807, 2.05) is 24.3 Å². The zero-order valence-electron chi connectivity index (χ0n) is 10.4. The molecular weight excluding hydrogens is 351 g/mol. The summed E-state index contributed by atoms with van der Waals surface area (Å²) in [6.45, 7) is 0.559. The Morgan fingerprint density at radius 2 is 1.58 bits per heavy atom. The molecule has 0 fully saturated rings. The third-order valence-corrected chi connectivity index (χ3v) is 3.36. The first-order valence-corrected chi connectivity index (χ1v) is 7.00. The van der Waals surface area contributed by atoms with Gasteiger partial charge < -0.3 is 10.5 Å². The molecule has 0 aromatic heterocycles. The molecule has 0 atom stereocenters. The van der Waals surface area contributed by atoms with Gasteiger partial charge in [-0.15, -0.1) is 0 Å². The van der Waals surface area contributed by atoms with Crippen molar-refractivity contribution >= 4 is 28.4 Å². The van der Waals surface area contributed by atoms with E-state index in [9.17, 15) is 0 Å². The third kappa shape index (κ3) is 4.55. The predicted molar refractivity (Wildman–Crippen MR) is 85.6 cm³/mol. The summed E-state index contributed by atoms with van der Waals surface area (Å²) in [5, 5.41) is 7.24. The van der Waals surface area contributed by atoms with Crippen LogP contribution in [0.2, 0.25) is 0 Å². The van der Waals surface area contributed by atoms with E-state index in [1.165, 1.54) is 3.57 Å². The van der Waals surface area contributed by atoms with Crippen LogP contribution < -0.4 is 10.5 Å². The number of benzene rings is 2. The quantitative estimate of drug-likeness (QED) is 0.484. The van der Waals surface area contributed by atoms with Gasteiger partial charge >= 0.3 is 0 Å². The second-order valence-electron chi connectivity index (χ2n) is 4.26. The Labute approximate surface area is 126 Å². The number of nitrogens with one attached hydrogen (secondary N) is 1. The van der Waals surface area contributed by atoms with Crippen molar-refractivity contribution < 1.29 is 4.74 Å². The molecule has 0 radical (unpaired) electrons. The molecule has 3 N–H and O–H groups in total. The topological polar surface area (TPSA) is 59.1 Å². The van der Waals surface area contributed by atoms with Crippen LogP contribution in [0.25, 0.3) is 0 Å². The minimum Gasteiger partial charge on any atom is -0.489 e. The molecule has 98 valence electrons. The highest BCUT2D eigenvalue weighted by atomic mass is 127. The average Bonchev–Trinajstić information content (AvgIpc) is 2.39. The van der Waals surface area contributed by atoms with E-state index < -0.39 is 0 Å². The molecule has 0 aliphatic rings. The monoisotopic (exact) mass is 366 g/mol. The first kappa shape index (κ1) is 13.9. The van der Waals surface area contributed by atoms with Crippen molar-refractivity contribution in [1.29, 1.82) is 5.41 Å². The van der Waals surface area contributed by atoms with Crippen LogP contribution in [-0.4, -0.2) is 5.84 Å². The summed E-state index contributed by atoms with van der Waals surface area (Å²) >= 11 is 2.28. The molecule has 0 bridgehead atoms. The Bertz CT molecular complexity index is 549. The van der Waals surface area contributed by atoms with E-state index in [0.717, 1.165) is 16.9 Å². The molecule has 2 aromatic carbocycles. The Hall–Kier alpha value is -1.56. The average molecular weight is 366 g/mol. The maximum atomic E-state index is 7.24. The first-order valence-electron chi connectivity index (χ1n) is 5.92. The van der Waals surface area contributed by atoms with Crippen molar-refractivity contribution in [1.82, 2.24) is 0 Å². The lowest BCUT2D eigenvalue weighted by atomic mass is 10.1. The third-order valence-electron chi connectivity index (χ3n) is 2.64. The van der Waals surface area contributed by atoms with Crippen LogP contribution in [0.3, 0.4) is 0 Å². The van der Waals surface area contributed by atoms with Crippen LogP contribution in [0.1, 0.15) is 11.1 Å². The van der Waals surface area contributed by atoms with Crippen LogP contribution in [0, 0.1) is 8.98 Å². The number of nitrogens with two attached hydrogens (primary N) is 1. The van der Waals surface area contributed by atoms with Crippen LogP contribution in [-0.2, 0) is 13.0 Å². The molecule has 0 aliphatic heterocycles. The van der Waals surface area contributed by atoms with Gasteiger partial charge in [-0.2, -0.15) is 0 Å². The molecular formula is C15H15IN2O. The minimum absolute atomic E-state index is 0.174.